The number of hydrogen-bond acceptors (Lipinski definition) is 5. The van der Waals surface area contributed by atoms with Crippen LogP contribution in [-0.4, -0.2) is 20.3 Å². The molecule has 0 aliphatic carbocycles. The topological polar surface area (TPSA) is 89.8 Å². The second-order valence-electron chi connectivity index (χ2n) is 7.81. The zero-order valence-corrected chi connectivity index (χ0v) is 20.4. The SMILES string of the molecule is COc1c(-c2ccccc2)oc2c(OC)cccc2c1=O.O=C(Nc1ccccc1)Nc1ccccc1. The molecule has 5 rings (SSSR count). The van der Waals surface area contributed by atoms with E-state index in [2.05, 4.69) is 10.6 Å². The maximum Gasteiger partial charge on any atom is 0.323 e. The monoisotopic (exact) mass is 494 g/mol. The predicted molar refractivity (Wildman–Crippen MR) is 147 cm³/mol. The van der Waals surface area contributed by atoms with E-state index < -0.39 is 0 Å². The molecule has 0 atom stereocenters. The quantitative estimate of drug-likeness (QED) is 0.280. The van der Waals surface area contributed by atoms with E-state index in [0.717, 1.165) is 16.9 Å². The molecular weight excluding hydrogens is 468 g/mol. The molecule has 1 aromatic heterocycles. The number of hydrogen-bond donors (Lipinski definition) is 2. The number of nitrogens with one attached hydrogen (secondary N) is 2. The van der Waals surface area contributed by atoms with Gasteiger partial charge in [-0.15, -0.1) is 0 Å². The van der Waals surface area contributed by atoms with Crippen LogP contribution in [0.5, 0.6) is 11.5 Å². The number of amides is 2. The summed E-state index contributed by atoms with van der Waals surface area (Å²) in [6.07, 6.45) is 0. The molecule has 7 nitrogen and oxygen atoms in total. The van der Waals surface area contributed by atoms with Gasteiger partial charge in [-0.05, 0) is 36.4 Å². The fraction of sp³-hybridized carbons (Fsp3) is 0.0667. The maximum atomic E-state index is 12.6. The summed E-state index contributed by atoms with van der Waals surface area (Å²) in [6, 6.07) is 33.0. The van der Waals surface area contributed by atoms with Crippen molar-refractivity contribution in [1.82, 2.24) is 0 Å². The van der Waals surface area contributed by atoms with Crippen molar-refractivity contribution in [2.75, 3.05) is 24.9 Å². The number of fused-ring (bicyclic) bond motifs is 1. The summed E-state index contributed by atoms with van der Waals surface area (Å²) in [5.41, 5.74) is 2.53. The van der Waals surface area contributed by atoms with Gasteiger partial charge in [0.05, 0.1) is 19.6 Å². The molecular formula is C30H26N2O5. The third-order valence-corrected chi connectivity index (χ3v) is 5.36. The van der Waals surface area contributed by atoms with Crippen molar-refractivity contribution in [2.24, 2.45) is 0 Å². The molecule has 0 aliphatic heterocycles. The number of methoxy groups -OCH3 is 2. The van der Waals surface area contributed by atoms with Crippen LogP contribution in [0.4, 0.5) is 16.2 Å². The van der Waals surface area contributed by atoms with E-state index in [0.29, 0.717) is 22.5 Å². The molecule has 5 aromatic rings. The minimum absolute atomic E-state index is 0.196. The van der Waals surface area contributed by atoms with Crippen LogP contribution in [0.3, 0.4) is 0 Å². The smallest absolute Gasteiger partial charge is 0.323 e. The van der Waals surface area contributed by atoms with Crippen LogP contribution >= 0.6 is 0 Å². The van der Waals surface area contributed by atoms with Crippen molar-refractivity contribution in [3.05, 3.63) is 119 Å². The lowest BCUT2D eigenvalue weighted by atomic mass is 10.1. The average Bonchev–Trinajstić information content (AvgIpc) is 2.94. The van der Waals surface area contributed by atoms with Gasteiger partial charge in [0.2, 0.25) is 11.2 Å². The number of urea groups is 1. The van der Waals surface area contributed by atoms with Gasteiger partial charge in [-0.25, -0.2) is 4.79 Å². The first-order valence-electron chi connectivity index (χ1n) is 11.5. The highest BCUT2D eigenvalue weighted by atomic mass is 16.5. The average molecular weight is 495 g/mol. The van der Waals surface area contributed by atoms with Crippen LogP contribution < -0.4 is 25.5 Å². The molecule has 0 unspecified atom stereocenters. The molecule has 0 saturated carbocycles. The fourth-order valence-corrected chi connectivity index (χ4v) is 3.64. The third kappa shape index (κ3) is 6.15. The highest BCUT2D eigenvalue weighted by Crippen LogP contribution is 2.33. The van der Waals surface area contributed by atoms with Crippen LogP contribution in [0, 0.1) is 0 Å². The molecule has 0 bridgehead atoms. The van der Waals surface area contributed by atoms with Crippen molar-refractivity contribution in [2.45, 2.75) is 0 Å². The van der Waals surface area contributed by atoms with Crippen LogP contribution in [0.1, 0.15) is 0 Å². The van der Waals surface area contributed by atoms with Gasteiger partial charge in [0.1, 0.15) is 0 Å². The van der Waals surface area contributed by atoms with Crippen molar-refractivity contribution in [1.29, 1.82) is 0 Å². The van der Waals surface area contributed by atoms with Crippen molar-refractivity contribution < 1.29 is 18.7 Å². The number of anilines is 2. The van der Waals surface area contributed by atoms with Gasteiger partial charge in [-0.2, -0.15) is 0 Å². The Morgan fingerprint density at radius 3 is 1.73 bits per heavy atom. The van der Waals surface area contributed by atoms with E-state index in [1.165, 1.54) is 7.11 Å². The van der Waals surface area contributed by atoms with Gasteiger partial charge in [0, 0.05) is 16.9 Å². The van der Waals surface area contributed by atoms with Crippen molar-refractivity contribution in [3.63, 3.8) is 0 Å². The minimum atomic E-state index is -0.239. The van der Waals surface area contributed by atoms with E-state index in [1.807, 2.05) is 91.0 Å². The molecule has 0 spiro atoms. The Bertz CT molecular complexity index is 1480. The van der Waals surface area contributed by atoms with E-state index in [9.17, 15) is 9.59 Å². The van der Waals surface area contributed by atoms with E-state index in [-0.39, 0.29) is 17.2 Å². The van der Waals surface area contributed by atoms with Crippen LogP contribution in [-0.2, 0) is 0 Å². The maximum absolute atomic E-state index is 12.6. The molecule has 0 fully saturated rings. The summed E-state index contributed by atoms with van der Waals surface area (Å²) in [5.74, 6) is 1.12. The lowest BCUT2D eigenvalue weighted by Crippen LogP contribution is -2.19. The molecule has 1 heterocycles. The summed E-state index contributed by atoms with van der Waals surface area (Å²) in [5, 5.41) is 5.92. The second-order valence-corrected chi connectivity index (χ2v) is 7.81. The summed E-state index contributed by atoms with van der Waals surface area (Å²) in [7, 11) is 3.01. The van der Waals surface area contributed by atoms with Crippen molar-refractivity contribution >= 4 is 28.4 Å². The number of carbonyl (C=O) groups excluding carboxylic acids is 1. The first-order chi connectivity index (χ1) is 18.1. The van der Waals surface area contributed by atoms with Gasteiger partial charge in [-0.1, -0.05) is 72.8 Å². The Kier molecular flexibility index (Phi) is 8.18. The highest BCUT2D eigenvalue weighted by molar-refractivity contribution is 5.99. The van der Waals surface area contributed by atoms with Crippen LogP contribution in [0.15, 0.2) is 118 Å². The number of carbonyl (C=O) groups is 1. The summed E-state index contributed by atoms with van der Waals surface area (Å²) in [4.78, 5) is 24.1. The highest BCUT2D eigenvalue weighted by Gasteiger charge is 2.18. The molecule has 7 heteroatoms. The molecule has 2 amide bonds. The molecule has 37 heavy (non-hydrogen) atoms. The summed E-state index contributed by atoms with van der Waals surface area (Å²) in [6.45, 7) is 0. The van der Waals surface area contributed by atoms with Gasteiger partial charge in [-0.3, -0.25) is 4.79 Å². The number of para-hydroxylation sites is 3. The van der Waals surface area contributed by atoms with Gasteiger partial charge < -0.3 is 24.5 Å². The molecule has 0 radical (unpaired) electrons. The standard InChI is InChI=1S/C17H14O4.C13H12N2O/c1-19-13-10-6-9-12-14(18)17(20-2)15(21-16(12)13)11-7-4-3-5-8-11;16-13(14-11-7-3-1-4-8-11)15-12-9-5-2-6-10-12/h3-10H,1-2H3;1-10H,(H2,14,15,16). The van der Waals surface area contributed by atoms with Gasteiger partial charge >= 0.3 is 6.03 Å². The number of rotatable bonds is 5. The lowest BCUT2D eigenvalue weighted by Gasteiger charge is -2.10. The van der Waals surface area contributed by atoms with Gasteiger partial charge in [0.25, 0.3) is 0 Å². The van der Waals surface area contributed by atoms with E-state index >= 15 is 0 Å². The molecule has 186 valence electrons. The Morgan fingerprint density at radius 1 is 0.676 bits per heavy atom. The van der Waals surface area contributed by atoms with Crippen molar-refractivity contribution in [3.8, 4) is 22.8 Å². The van der Waals surface area contributed by atoms with E-state index in [4.69, 9.17) is 13.9 Å². The lowest BCUT2D eigenvalue weighted by molar-refractivity contribution is 0.262. The summed E-state index contributed by atoms with van der Waals surface area (Å²) >= 11 is 0. The fourth-order valence-electron chi connectivity index (χ4n) is 3.64. The van der Waals surface area contributed by atoms with E-state index in [1.54, 1.807) is 25.3 Å². The van der Waals surface area contributed by atoms with Crippen LogP contribution in [0.2, 0.25) is 0 Å². The molecule has 4 aromatic carbocycles. The Morgan fingerprint density at radius 2 is 1.22 bits per heavy atom. The Hall–Kier alpha value is -5.04. The largest absolute Gasteiger partial charge is 0.493 e. The third-order valence-electron chi connectivity index (χ3n) is 5.36. The molecule has 0 saturated heterocycles. The Labute approximate surface area is 214 Å². The molecule has 0 aliphatic rings. The summed E-state index contributed by atoms with van der Waals surface area (Å²) < 4.78 is 16.5. The first-order valence-corrected chi connectivity index (χ1v) is 11.5. The number of benzene rings is 4. The zero-order chi connectivity index (χ0) is 26.0. The normalized spacial score (nSPS) is 10.1. The minimum Gasteiger partial charge on any atom is -0.493 e. The molecule has 2 N–H and O–H groups in total. The number of ether oxygens (including phenoxy) is 2. The van der Waals surface area contributed by atoms with Gasteiger partial charge in [0.15, 0.2) is 17.1 Å². The zero-order valence-electron chi connectivity index (χ0n) is 20.4. The predicted octanol–water partition coefficient (Wildman–Crippen LogP) is 6.81. The van der Waals surface area contributed by atoms with Crippen LogP contribution in [0.25, 0.3) is 22.3 Å². The first kappa shape index (κ1) is 25.1. The second kappa shape index (κ2) is 12.1. The Balaban J connectivity index is 0.000000180.